The van der Waals surface area contributed by atoms with Crippen LogP contribution in [0.1, 0.15) is 255 Å². The van der Waals surface area contributed by atoms with Gasteiger partial charge in [0.1, 0.15) is 39.6 Å². The molecule has 0 amide bonds. The first-order chi connectivity index (χ1) is 71.5. The molecule has 31 nitrogen and oxygen atoms in total. The number of hydrogen-bond acceptors (Lipinski definition) is 29. The fraction of sp³-hybridized carbons (Fsp3) is 0.368. The number of nitrogens with one attached hydrogen (secondary N) is 1. The largest absolute Gasteiger partial charge is 0.481 e. The number of carboxylic acids is 2. The molecule has 5 aliphatic rings. The Hall–Kier alpha value is -13.7. The van der Waals surface area contributed by atoms with Crippen LogP contribution in [0.2, 0.25) is 5.82 Å². The lowest BCUT2D eigenvalue weighted by molar-refractivity contribution is -0.140. The highest BCUT2D eigenvalue weighted by Gasteiger charge is 2.36. The SMILES string of the molecule is COc1nc(OCc2cccc(-c3cccc(COc4nc(OC)c(C=O)cc4Br)c3C)c2C)c(Br)cc1C=O.COc1nc(OCc2cccc(-c3cccc(COc4nc(OC)c(C=O)cc4C4CC4)c3C)c2C)c(C2CC2)cc1C=O.COc1nc(OCc2cccc(-c3cccc(COc4nc(OC)c(CNC[C@H](O)CC(=O)O)cc4C4CC4)c3C)c2C)c(C2CC2)cc1CCC[C@H](O)CC(=O)O.OB(O)C1CC1. The lowest BCUT2D eigenvalue weighted by Crippen LogP contribution is -2.28. The maximum Gasteiger partial charge on any atom is 0.454 e. The van der Waals surface area contributed by atoms with Crippen LogP contribution in [0.15, 0.2) is 155 Å². The number of nitrogens with zero attached hydrogens (tertiary/aromatic N) is 6. The van der Waals surface area contributed by atoms with Crippen molar-refractivity contribution in [3.63, 3.8) is 0 Å². The van der Waals surface area contributed by atoms with Gasteiger partial charge in [-0.3, -0.25) is 28.8 Å². The summed E-state index contributed by atoms with van der Waals surface area (Å²) in [5, 5.41) is 57.5. The maximum atomic E-state index is 11.6. The molecule has 5 saturated carbocycles. The van der Waals surface area contributed by atoms with Crippen molar-refractivity contribution in [3.8, 4) is 104 Å². The van der Waals surface area contributed by atoms with Crippen LogP contribution in [-0.4, -0.2) is 166 Å². The molecule has 0 saturated heterocycles. The maximum absolute atomic E-state index is 11.6. The molecule has 0 unspecified atom stereocenters. The Labute approximate surface area is 877 Å². The Morgan fingerprint density at radius 2 is 0.608 bits per heavy atom. The van der Waals surface area contributed by atoms with E-state index in [1.54, 1.807) is 26.4 Å². The summed E-state index contributed by atoms with van der Waals surface area (Å²) in [6.07, 6.45) is 12.5. The van der Waals surface area contributed by atoms with Gasteiger partial charge in [-0.25, -0.2) is 0 Å². The summed E-state index contributed by atoms with van der Waals surface area (Å²) < 4.78 is 71.0. The van der Waals surface area contributed by atoms with E-state index in [0.717, 1.165) is 210 Å². The summed E-state index contributed by atoms with van der Waals surface area (Å²) in [7, 11) is 8.03. The molecule has 5 fully saturated rings. The quantitative estimate of drug-likeness (QED) is 0.0138. The zero-order valence-electron chi connectivity index (χ0n) is 85.0. The molecule has 34 heteroatoms. The smallest absolute Gasteiger partial charge is 0.454 e. The first-order valence-electron chi connectivity index (χ1n) is 49.3. The average Bonchev–Trinajstić information content (AvgIpc) is 1.74. The van der Waals surface area contributed by atoms with Gasteiger partial charge in [-0.2, -0.15) is 29.9 Å². The van der Waals surface area contributed by atoms with Gasteiger partial charge in [0.05, 0.1) is 98.9 Å². The van der Waals surface area contributed by atoms with Gasteiger partial charge in [0, 0.05) is 46.5 Å². The van der Waals surface area contributed by atoms with Crippen LogP contribution in [0.3, 0.4) is 0 Å². The number of carbonyl (C=O) groups is 6. The summed E-state index contributed by atoms with van der Waals surface area (Å²) in [4.78, 5) is 94.8. The van der Waals surface area contributed by atoms with E-state index >= 15 is 0 Å². The average molecular weight is 2150 g/mol. The number of methoxy groups -OCH3 is 6. The number of aliphatic hydroxyl groups is 2. The second-order valence-electron chi connectivity index (χ2n) is 37.4. The molecule has 6 heterocycles. The van der Waals surface area contributed by atoms with Crippen molar-refractivity contribution in [2.45, 2.75) is 226 Å². The Balaban J connectivity index is 0.000000173. The number of aldehydes is 4. The van der Waals surface area contributed by atoms with E-state index in [2.05, 4.69) is 165 Å². The summed E-state index contributed by atoms with van der Waals surface area (Å²) in [6.45, 7) is 14.9. The van der Waals surface area contributed by atoms with Gasteiger partial charge in [0.25, 0.3) is 0 Å². The summed E-state index contributed by atoms with van der Waals surface area (Å²) in [5.74, 6) is 4.24. The summed E-state index contributed by atoms with van der Waals surface area (Å²) in [6, 6.07) is 48.2. The molecule has 5 aliphatic carbocycles. The van der Waals surface area contributed by atoms with Gasteiger partial charge in [0.2, 0.25) is 70.6 Å². The Morgan fingerprint density at radius 3 is 0.872 bits per heavy atom. The highest BCUT2D eigenvalue weighted by atomic mass is 79.9. The predicted molar refractivity (Wildman–Crippen MR) is 564 cm³/mol. The van der Waals surface area contributed by atoms with Crippen molar-refractivity contribution in [2.75, 3.05) is 49.2 Å². The molecule has 2 atom stereocenters. The minimum atomic E-state index is -1.05. The zero-order chi connectivity index (χ0) is 106. The molecule has 0 bridgehead atoms. The van der Waals surface area contributed by atoms with Crippen molar-refractivity contribution in [1.29, 1.82) is 0 Å². The molecule has 0 radical (unpaired) electrons. The number of pyridine rings is 6. The molecule has 0 spiro atoms. The molecule has 6 aromatic heterocycles. The third kappa shape index (κ3) is 28.4. The van der Waals surface area contributed by atoms with E-state index in [1.807, 2.05) is 66.7 Å². The number of carbonyl (C=O) groups excluding carboxylic acids is 4. The van der Waals surface area contributed by atoms with E-state index < -0.39 is 31.3 Å². The monoisotopic (exact) mass is 2140 g/mol. The number of rotatable bonds is 48. The van der Waals surface area contributed by atoms with Crippen molar-refractivity contribution >= 4 is 76.1 Å². The first-order valence-corrected chi connectivity index (χ1v) is 50.9. The normalized spacial score (nSPS) is 13.7. The van der Waals surface area contributed by atoms with Crippen molar-refractivity contribution in [1.82, 2.24) is 35.2 Å². The molecular weight excluding hydrogens is 2020 g/mol. The van der Waals surface area contributed by atoms with Crippen LogP contribution in [0, 0.1) is 41.5 Å². The lowest BCUT2D eigenvalue weighted by atomic mass is 9.84. The molecule has 17 rings (SSSR count). The Bertz CT molecular complexity index is 6400. The van der Waals surface area contributed by atoms with Gasteiger partial charge in [-0.1, -0.05) is 122 Å². The molecule has 7 N–H and O–H groups in total. The third-order valence-electron chi connectivity index (χ3n) is 27.0. The van der Waals surface area contributed by atoms with Crippen LogP contribution in [-0.2, 0) is 62.2 Å². The lowest BCUT2D eigenvalue weighted by Gasteiger charge is -2.19. The number of aromatic nitrogens is 6. The number of aliphatic carboxylic acids is 2. The van der Waals surface area contributed by atoms with Crippen LogP contribution in [0.25, 0.3) is 33.4 Å². The second-order valence-corrected chi connectivity index (χ2v) is 39.1. The molecule has 6 aromatic carbocycles. The van der Waals surface area contributed by atoms with Crippen LogP contribution < -0.4 is 62.2 Å². The molecule has 148 heavy (non-hydrogen) atoms. The topological polar surface area (TPSA) is 424 Å². The summed E-state index contributed by atoms with van der Waals surface area (Å²) >= 11 is 6.84. The second kappa shape index (κ2) is 51.7. The van der Waals surface area contributed by atoms with Crippen molar-refractivity contribution in [3.05, 3.63) is 277 Å². The standard InChI is InChI=1S/C45H55N3O10.C36H36N2O6.C30H26Br2N2O6.C3H7BO2/c1-26-31(24-57-44-38(28-14-15-28)18-30(42(47-44)55-3)8-5-11-34(49)20-40(51)52)9-6-12-36(26)37-13-7-10-32(27(37)2)25-58-45-39(29-16-17-29)19-33(43(48-45)56-4)22-46-23-35(50)21-41(53)54;1-21-25(19-43-35-31(23-11-12-23)15-27(17-39)33(37-35)41-3)7-5-9-29(21)30-10-6-8-26(22(30)2)20-44-36-32(24-13-14-24)16-28(18-40)34(38-36)42-4;1-17-19(15-39-29-25(31)11-21(13-35)27(33-29)37-3)7-5-9-23(17)24-10-6-8-20(18(24)2)16-40-30-26(32)12-22(14-36)28(34-30)38-4;5-4(6)3-1-2-3/h6-7,9-10,12-13,18-19,28-29,34-35,46,49-50H,5,8,11,14-17,20-25H2,1-4H3,(H,51,52)(H,53,54);5-10,15-18,23-24H,11-14,19-20H2,1-4H3;5-14H,15-16H2,1-4H3;3,5-6H,1-2H2/t34-,35+;;;/m0.../s1. The number of aliphatic hydroxyl groups excluding tert-OH is 2. The zero-order valence-corrected chi connectivity index (χ0v) is 88.2. The number of hydrogen-bond donors (Lipinski definition) is 7. The van der Waals surface area contributed by atoms with E-state index in [0.29, 0.717) is 167 Å². The highest BCUT2D eigenvalue weighted by Crippen LogP contribution is 2.51. The molecule has 12 aromatic rings. The third-order valence-corrected chi connectivity index (χ3v) is 28.1. The van der Waals surface area contributed by atoms with Crippen LogP contribution in [0.5, 0.6) is 70.6 Å². The fourth-order valence-corrected chi connectivity index (χ4v) is 18.5. The van der Waals surface area contributed by atoms with Gasteiger partial charge in [0.15, 0.2) is 25.1 Å². The summed E-state index contributed by atoms with van der Waals surface area (Å²) in [5.41, 5.74) is 26.5. The van der Waals surface area contributed by atoms with E-state index in [1.165, 1.54) is 28.4 Å². The van der Waals surface area contributed by atoms with Gasteiger partial charge in [-0.15, -0.1) is 0 Å². The Kier molecular flexibility index (Phi) is 38.4. The van der Waals surface area contributed by atoms with E-state index in [-0.39, 0.29) is 61.9 Å². The van der Waals surface area contributed by atoms with Crippen LogP contribution in [0.4, 0.5) is 0 Å². The molecule has 0 aliphatic heterocycles. The number of halogens is 2. The predicted octanol–water partition coefficient (Wildman–Crippen LogP) is 20.8. The Morgan fingerprint density at radius 1 is 0.351 bits per heavy atom. The number of ether oxygens (including phenoxy) is 12. The number of carboxylic acid groups (broad SMARTS) is 2. The van der Waals surface area contributed by atoms with Crippen molar-refractivity contribution in [2.24, 2.45) is 0 Å². The molecular formula is C114H124BBr2N7O24. The van der Waals surface area contributed by atoms with E-state index in [4.69, 9.17) is 87.1 Å². The first kappa shape index (κ1) is 110. The van der Waals surface area contributed by atoms with Gasteiger partial charge in [-0.05, 0) is 310 Å². The highest BCUT2D eigenvalue weighted by molar-refractivity contribution is 9.11. The van der Waals surface area contributed by atoms with Crippen LogP contribution >= 0.6 is 31.9 Å². The van der Waals surface area contributed by atoms with Gasteiger partial charge >= 0.3 is 19.1 Å². The van der Waals surface area contributed by atoms with Gasteiger partial charge < -0.3 is 92.6 Å². The van der Waals surface area contributed by atoms with E-state index in [9.17, 15) is 39.0 Å². The minimum Gasteiger partial charge on any atom is -0.481 e. The number of aryl methyl sites for hydroxylation is 1. The number of benzene rings is 6. The minimum absolute atomic E-state index is 0.132. The molecule has 776 valence electrons. The fourth-order valence-electron chi connectivity index (χ4n) is 17.6. The van der Waals surface area contributed by atoms with Crippen molar-refractivity contribution < 1.29 is 116 Å².